The molecule has 0 spiro atoms. The molecule has 7 nitrogen and oxygen atoms in total. The molecule has 1 saturated heterocycles. The molecule has 146 valence electrons. The first-order valence-electron chi connectivity index (χ1n) is 9.55. The highest BCUT2D eigenvalue weighted by atomic mass is 16.5. The number of anilines is 1. The summed E-state index contributed by atoms with van der Waals surface area (Å²) in [5.41, 5.74) is 3.73. The number of aromatic nitrogens is 3. The largest absolute Gasteiger partial charge is 0.361 e. The fraction of sp³-hybridized carbons (Fsp3) is 0.600. The van der Waals surface area contributed by atoms with E-state index in [-0.39, 0.29) is 17.7 Å². The number of piperidine rings is 1. The summed E-state index contributed by atoms with van der Waals surface area (Å²) < 4.78 is 5.38. The third kappa shape index (κ3) is 3.82. The summed E-state index contributed by atoms with van der Waals surface area (Å²) >= 11 is 0. The van der Waals surface area contributed by atoms with E-state index < -0.39 is 0 Å². The zero-order valence-electron chi connectivity index (χ0n) is 17.1. The number of amides is 1. The number of aryl methyl sites for hydroxylation is 2. The van der Waals surface area contributed by atoms with Crippen molar-refractivity contribution in [2.24, 2.45) is 5.92 Å². The van der Waals surface area contributed by atoms with Crippen molar-refractivity contribution in [3.63, 3.8) is 0 Å². The molecule has 0 bridgehead atoms. The molecule has 2 aromatic heterocycles. The molecule has 1 aliphatic heterocycles. The lowest BCUT2D eigenvalue weighted by atomic mass is 9.89. The van der Waals surface area contributed by atoms with Crippen molar-refractivity contribution in [1.82, 2.24) is 20.0 Å². The predicted molar refractivity (Wildman–Crippen MR) is 105 cm³/mol. The molecule has 27 heavy (non-hydrogen) atoms. The number of rotatable bonds is 4. The van der Waals surface area contributed by atoms with Crippen molar-refractivity contribution >= 4 is 11.9 Å². The van der Waals surface area contributed by atoms with Crippen LogP contribution in [0.4, 0.5) is 5.95 Å². The molecule has 1 atom stereocenters. The van der Waals surface area contributed by atoms with Crippen molar-refractivity contribution in [1.29, 1.82) is 0 Å². The molecule has 1 amide bonds. The molecular formula is C20H29N5O2. The van der Waals surface area contributed by atoms with Crippen LogP contribution in [0, 0.1) is 19.8 Å². The molecule has 0 unspecified atom stereocenters. The van der Waals surface area contributed by atoms with Crippen molar-refractivity contribution in [2.75, 3.05) is 32.1 Å². The van der Waals surface area contributed by atoms with Gasteiger partial charge in [0.25, 0.3) is 0 Å². The Kier molecular flexibility index (Phi) is 5.48. The minimum absolute atomic E-state index is 0.00789. The fourth-order valence-corrected chi connectivity index (χ4v) is 3.74. The molecule has 0 saturated carbocycles. The first-order valence-corrected chi connectivity index (χ1v) is 9.55. The van der Waals surface area contributed by atoms with E-state index >= 15 is 0 Å². The minimum Gasteiger partial charge on any atom is -0.361 e. The van der Waals surface area contributed by atoms with E-state index in [1.165, 1.54) is 0 Å². The van der Waals surface area contributed by atoms with E-state index in [9.17, 15) is 4.79 Å². The van der Waals surface area contributed by atoms with Crippen LogP contribution in [-0.4, -0.2) is 53.1 Å². The van der Waals surface area contributed by atoms with Crippen LogP contribution in [-0.2, 0) is 4.79 Å². The van der Waals surface area contributed by atoms with Gasteiger partial charge in [0.15, 0.2) is 0 Å². The van der Waals surface area contributed by atoms with Crippen LogP contribution >= 0.6 is 0 Å². The van der Waals surface area contributed by atoms with Crippen molar-refractivity contribution in [3.05, 3.63) is 23.3 Å². The summed E-state index contributed by atoms with van der Waals surface area (Å²) in [5, 5.41) is 4.10. The van der Waals surface area contributed by atoms with Crippen LogP contribution in [0.25, 0.3) is 11.1 Å². The Labute approximate surface area is 160 Å². The zero-order valence-corrected chi connectivity index (χ0v) is 17.1. The molecule has 3 heterocycles. The summed E-state index contributed by atoms with van der Waals surface area (Å²) in [7, 11) is 3.87. The highest BCUT2D eigenvalue weighted by molar-refractivity contribution is 5.78. The van der Waals surface area contributed by atoms with Gasteiger partial charge in [0.05, 0.1) is 17.0 Å². The highest BCUT2D eigenvalue weighted by Crippen LogP contribution is 2.36. The summed E-state index contributed by atoms with van der Waals surface area (Å²) in [6.45, 7) is 9.27. The van der Waals surface area contributed by atoms with Gasteiger partial charge < -0.3 is 14.3 Å². The van der Waals surface area contributed by atoms with Crippen LogP contribution in [0.3, 0.4) is 0 Å². The fourth-order valence-electron chi connectivity index (χ4n) is 3.74. The Morgan fingerprint density at radius 3 is 2.67 bits per heavy atom. The van der Waals surface area contributed by atoms with Gasteiger partial charge in [-0.05, 0) is 26.7 Å². The third-order valence-corrected chi connectivity index (χ3v) is 5.12. The maximum absolute atomic E-state index is 12.5. The number of carbonyl (C=O) groups excluding carboxylic acids is 1. The standard InChI is InChI=1S/C20H29N5O2/c1-12(2)19(26)25-9-7-8-15(11-25)18-16(10-21-20(22-18)24(5)6)17-13(3)23-27-14(17)4/h10,12,15H,7-9,11H2,1-6H3/t15-/m0/s1. The number of hydrogen-bond acceptors (Lipinski definition) is 6. The molecule has 0 N–H and O–H groups in total. The highest BCUT2D eigenvalue weighted by Gasteiger charge is 2.30. The van der Waals surface area contributed by atoms with Gasteiger partial charge in [-0.15, -0.1) is 0 Å². The van der Waals surface area contributed by atoms with E-state index in [0.29, 0.717) is 12.5 Å². The lowest BCUT2D eigenvalue weighted by molar-refractivity contribution is -0.135. The van der Waals surface area contributed by atoms with Crippen LogP contribution in [0.15, 0.2) is 10.7 Å². The maximum atomic E-state index is 12.5. The molecule has 0 radical (unpaired) electrons. The normalized spacial score (nSPS) is 17.4. The Balaban J connectivity index is 2.04. The van der Waals surface area contributed by atoms with Crippen molar-refractivity contribution in [3.8, 4) is 11.1 Å². The van der Waals surface area contributed by atoms with Gasteiger partial charge in [-0.1, -0.05) is 19.0 Å². The molecule has 1 fully saturated rings. The smallest absolute Gasteiger partial charge is 0.225 e. The maximum Gasteiger partial charge on any atom is 0.225 e. The third-order valence-electron chi connectivity index (χ3n) is 5.12. The molecule has 0 aromatic carbocycles. The van der Waals surface area contributed by atoms with E-state index in [2.05, 4.69) is 10.1 Å². The second-order valence-electron chi connectivity index (χ2n) is 7.84. The van der Waals surface area contributed by atoms with Crippen molar-refractivity contribution < 1.29 is 9.32 Å². The lowest BCUT2D eigenvalue weighted by Gasteiger charge is -2.34. The second-order valence-corrected chi connectivity index (χ2v) is 7.84. The quantitative estimate of drug-likeness (QED) is 0.822. The Morgan fingerprint density at radius 2 is 2.07 bits per heavy atom. The van der Waals surface area contributed by atoms with Gasteiger partial charge in [0.2, 0.25) is 11.9 Å². The SMILES string of the molecule is Cc1noc(C)c1-c1cnc(N(C)C)nc1[C@H]1CCCN(C(=O)C(C)C)C1. The Morgan fingerprint density at radius 1 is 1.33 bits per heavy atom. The van der Waals surface area contributed by atoms with Gasteiger partial charge in [0, 0.05) is 50.8 Å². The van der Waals surface area contributed by atoms with Gasteiger partial charge in [-0.25, -0.2) is 9.97 Å². The number of likely N-dealkylation sites (tertiary alicyclic amines) is 1. The monoisotopic (exact) mass is 371 g/mol. The van der Waals surface area contributed by atoms with Crippen LogP contribution in [0.1, 0.15) is 49.8 Å². The molecule has 2 aromatic rings. The zero-order chi connectivity index (χ0) is 19.7. The van der Waals surface area contributed by atoms with E-state index in [0.717, 1.165) is 47.7 Å². The molecule has 1 aliphatic rings. The Bertz CT molecular complexity index is 808. The summed E-state index contributed by atoms with van der Waals surface area (Å²) in [6.07, 6.45) is 3.85. The molecule has 7 heteroatoms. The topological polar surface area (TPSA) is 75.4 Å². The van der Waals surface area contributed by atoms with E-state index in [4.69, 9.17) is 9.51 Å². The second kappa shape index (κ2) is 7.66. The Hall–Kier alpha value is -2.44. The first kappa shape index (κ1) is 19.3. The van der Waals surface area contributed by atoms with Gasteiger partial charge in [-0.3, -0.25) is 4.79 Å². The van der Waals surface area contributed by atoms with E-state index in [1.807, 2.05) is 57.8 Å². The van der Waals surface area contributed by atoms with Crippen LogP contribution in [0.5, 0.6) is 0 Å². The predicted octanol–water partition coefficient (Wildman–Crippen LogP) is 3.18. The molecular weight excluding hydrogens is 342 g/mol. The molecule has 0 aliphatic carbocycles. The minimum atomic E-state index is 0.00789. The molecule has 3 rings (SSSR count). The average molecular weight is 371 g/mol. The van der Waals surface area contributed by atoms with Crippen LogP contribution in [0.2, 0.25) is 0 Å². The number of hydrogen-bond donors (Lipinski definition) is 0. The lowest BCUT2D eigenvalue weighted by Crippen LogP contribution is -2.41. The number of carbonyl (C=O) groups is 1. The van der Waals surface area contributed by atoms with Crippen LogP contribution < -0.4 is 4.90 Å². The number of nitrogens with zero attached hydrogens (tertiary/aromatic N) is 5. The van der Waals surface area contributed by atoms with Gasteiger partial charge >= 0.3 is 0 Å². The average Bonchev–Trinajstić information content (AvgIpc) is 2.98. The van der Waals surface area contributed by atoms with Gasteiger partial charge in [0.1, 0.15) is 5.76 Å². The van der Waals surface area contributed by atoms with Crippen molar-refractivity contribution in [2.45, 2.75) is 46.5 Å². The summed E-state index contributed by atoms with van der Waals surface area (Å²) in [4.78, 5) is 25.8. The summed E-state index contributed by atoms with van der Waals surface area (Å²) in [6, 6.07) is 0. The van der Waals surface area contributed by atoms with E-state index in [1.54, 1.807) is 0 Å². The van der Waals surface area contributed by atoms with Gasteiger partial charge in [-0.2, -0.15) is 0 Å². The first-order chi connectivity index (χ1) is 12.8. The summed E-state index contributed by atoms with van der Waals surface area (Å²) in [5.74, 6) is 1.83.